The molecule has 2 fully saturated rings. The standard InChI is InChI=1S/C12H25N2/c1-11(2)13-6-8-14(3,9-7-13)10-12-4-5-12/h11-12H,4-10H2,1-3H3/q+1. The number of nitrogens with zero attached hydrogens (tertiary/aromatic N) is 2. The Balaban J connectivity index is 1.81. The van der Waals surface area contributed by atoms with E-state index in [0.717, 1.165) is 12.0 Å². The van der Waals surface area contributed by atoms with Gasteiger partial charge in [-0.05, 0) is 26.7 Å². The SMILES string of the molecule is CC(C)N1CC[N+](C)(CC2CC2)CC1. The summed E-state index contributed by atoms with van der Waals surface area (Å²) < 4.78 is 1.34. The summed E-state index contributed by atoms with van der Waals surface area (Å²) in [7, 11) is 2.45. The maximum absolute atomic E-state index is 2.62. The monoisotopic (exact) mass is 197 g/mol. The van der Waals surface area contributed by atoms with E-state index in [1.165, 1.54) is 50.0 Å². The average molecular weight is 197 g/mol. The fourth-order valence-electron chi connectivity index (χ4n) is 2.59. The van der Waals surface area contributed by atoms with Gasteiger partial charge in [-0.15, -0.1) is 0 Å². The second-order valence-electron chi connectivity index (χ2n) is 5.82. The van der Waals surface area contributed by atoms with E-state index in [1.54, 1.807) is 0 Å². The highest BCUT2D eigenvalue weighted by Gasteiger charge is 2.35. The number of likely N-dealkylation sites (N-methyl/N-ethyl adjacent to an activating group) is 1. The minimum Gasteiger partial charge on any atom is -0.324 e. The second kappa shape index (κ2) is 3.82. The number of quaternary nitrogens is 1. The first kappa shape index (κ1) is 10.4. The third kappa shape index (κ3) is 2.48. The van der Waals surface area contributed by atoms with Gasteiger partial charge in [-0.2, -0.15) is 0 Å². The van der Waals surface area contributed by atoms with E-state index in [2.05, 4.69) is 25.8 Å². The number of hydrogen-bond acceptors (Lipinski definition) is 1. The molecule has 2 rings (SSSR count). The number of hydrogen-bond donors (Lipinski definition) is 0. The minimum atomic E-state index is 0.740. The predicted octanol–water partition coefficient (Wildman–Crippen LogP) is 1.57. The molecule has 1 saturated carbocycles. The molecule has 0 aromatic carbocycles. The Labute approximate surface area is 88.5 Å². The molecule has 1 aliphatic heterocycles. The van der Waals surface area contributed by atoms with Crippen LogP contribution in [-0.4, -0.2) is 55.2 Å². The first-order valence-electron chi connectivity index (χ1n) is 6.17. The van der Waals surface area contributed by atoms with Gasteiger partial charge < -0.3 is 4.48 Å². The second-order valence-corrected chi connectivity index (χ2v) is 5.82. The Morgan fingerprint density at radius 1 is 1.21 bits per heavy atom. The Morgan fingerprint density at radius 3 is 2.21 bits per heavy atom. The van der Waals surface area contributed by atoms with E-state index in [1.807, 2.05) is 0 Å². The van der Waals surface area contributed by atoms with Gasteiger partial charge in [0.2, 0.25) is 0 Å². The zero-order valence-electron chi connectivity index (χ0n) is 10.00. The van der Waals surface area contributed by atoms with E-state index in [9.17, 15) is 0 Å². The molecule has 0 aromatic rings. The zero-order valence-corrected chi connectivity index (χ0v) is 10.00. The molecule has 82 valence electrons. The van der Waals surface area contributed by atoms with Gasteiger partial charge >= 0.3 is 0 Å². The molecule has 2 nitrogen and oxygen atoms in total. The van der Waals surface area contributed by atoms with Crippen LogP contribution in [0.3, 0.4) is 0 Å². The van der Waals surface area contributed by atoms with Crippen molar-refractivity contribution in [1.82, 2.24) is 4.90 Å². The molecule has 0 N–H and O–H groups in total. The van der Waals surface area contributed by atoms with Crippen molar-refractivity contribution in [1.29, 1.82) is 0 Å². The molecule has 0 aromatic heterocycles. The summed E-state index contributed by atoms with van der Waals surface area (Å²) in [4.78, 5) is 2.62. The fourth-order valence-corrected chi connectivity index (χ4v) is 2.59. The molecule has 0 bridgehead atoms. The summed E-state index contributed by atoms with van der Waals surface area (Å²) in [5.74, 6) is 1.07. The summed E-state index contributed by atoms with van der Waals surface area (Å²) in [6.45, 7) is 11.4. The van der Waals surface area contributed by atoms with Gasteiger partial charge in [-0.3, -0.25) is 4.90 Å². The van der Waals surface area contributed by atoms with Crippen molar-refractivity contribution in [3.8, 4) is 0 Å². The topological polar surface area (TPSA) is 3.24 Å². The van der Waals surface area contributed by atoms with Crippen LogP contribution in [0.25, 0.3) is 0 Å². The van der Waals surface area contributed by atoms with Gasteiger partial charge in [0.05, 0.1) is 26.7 Å². The van der Waals surface area contributed by atoms with Crippen LogP contribution in [0.2, 0.25) is 0 Å². The van der Waals surface area contributed by atoms with Crippen LogP contribution >= 0.6 is 0 Å². The van der Waals surface area contributed by atoms with Gasteiger partial charge in [0.1, 0.15) is 0 Å². The first-order chi connectivity index (χ1) is 6.59. The van der Waals surface area contributed by atoms with Gasteiger partial charge in [-0.25, -0.2) is 0 Å². The van der Waals surface area contributed by atoms with Crippen LogP contribution in [0.15, 0.2) is 0 Å². The molecule has 0 spiro atoms. The first-order valence-corrected chi connectivity index (χ1v) is 6.17. The summed E-state index contributed by atoms with van der Waals surface area (Å²) in [5.41, 5.74) is 0. The van der Waals surface area contributed by atoms with Gasteiger partial charge in [0.25, 0.3) is 0 Å². The third-order valence-electron chi connectivity index (χ3n) is 3.98. The molecule has 1 aliphatic carbocycles. The Hall–Kier alpha value is -0.0800. The highest BCUT2D eigenvalue weighted by molar-refractivity contribution is 4.75. The molecule has 0 amide bonds. The third-order valence-corrected chi connectivity index (χ3v) is 3.98. The molecule has 0 atom stereocenters. The van der Waals surface area contributed by atoms with Crippen LogP contribution in [0.5, 0.6) is 0 Å². The molecule has 2 heteroatoms. The van der Waals surface area contributed by atoms with Crippen LogP contribution in [0, 0.1) is 5.92 Å². The largest absolute Gasteiger partial charge is 0.324 e. The average Bonchev–Trinajstić information content (AvgIpc) is 2.88. The van der Waals surface area contributed by atoms with Crippen molar-refractivity contribution < 1.29 is 4.48 Å². The normalized spacial score (nSPS) is 28.3. The smallest absolute Gasteiger partial charge is 0.0914 e. The highest BCUT2D eigenvalue weighted by atomic mass is 15.4. The molecular formula is C12H25N2+. The number of rotatable bonds is 3. The van der Waals surface area contributed by atoms with Gasteiger partial charge in [0, 0.05) is 25.0 Å². The maximum atomic E-state index is 2.62. The van der Waals surface area contributed by atoms with E-state index in [-0.39, 0.29) is 0 Å². The van der Waals surface area contributed by atoms with Crippen molar-refractivity contribution >= 4 is 0 Å². The van der Waals surface area contributed by atoms with Crippen molar-refractivity contribution in [2.24, 2.45) is 5.92 Å². The summed E-state index contributed by atoms with van der Waals surface area (Å²) in [6, 6.07) is 0.740. The van der Waals surface area contributed by atoms with Crippen molar-refractivity contribution in [3.63, 3.8) is 0 Å². The van der Waals surface area contributed by atoms with Crippen LogP contribution in [-0.2, 0) is 0 Å². The molecular weight excluding hydrogens is 172 g/mol. The van der Waals surface area contributed by atoms with Gasteiger partial charge in [-0.1, -0.05) is 0 Å². The molecule has 2 aliphatic rings. The molecule has 1 saturated heterocycles. The highest BCUT2D eigenvalue weighted by Crippen LogP contribution is 2.32. The lowest BCUT2D eigenvalue weighted by molar-refractivity contribution is -0.915. The molecule has 0 radical (unpaired) electrons. The number of piperazine rings is 1. The molecule has 1 heterocycles. The van der Waals surface area contributed by atoms with E-state index in [4.69, 9.17) is 0 Å². The van der Waals surface area contributed by atoms with E-state index in [0.29, 0.717) is 0 Å². The Kier molecular flexibility index (Phi) is 2.85. The quantitative estimate of drug-likeness (QED) is 0.621. The van der Waals surface area contributed by atoms with Crippen molar-refractivity contribution in [2.45, 2.75) is 32.7 Å². The van der Waals surface area contributed by atoms with Crippen LogP contribution in [0.1, 0.15) is 26.7 Å². The fraction of sp³-hybridized carbons (Fsp3) is 1.00. The minimum absolute atomic E-state index is 0.740. The summed E-state index contributed by atoms with van der Waals surface area (Å²) >= 11 is 0. The van der Waals surface area contributed by atoms with E-state index >= 15 is 0 Å². The maximum Gasteiger partial charge on any atom is 0.0914 e. The molecule has 0 unspecified atom stereocenters. The van der Waals surface area contributed by atoms with Crippen LogP contribution < -0.4 is 0 Å². The molecule has 14 heavy (non-hydrogen) atoms. The lowest BCUT2D eigenvalue weighted by Crippen LogP contribution is -2.59. The lowest BCUT2D eigenvalue weighted by Gasteiger charge is -2.43. The summed E-state index contributed by atoms with van der Waals surface area (Å²) in [5, 5.41) is 0. The van der Waals surface area contributed by atoms with Crippen molar-refractivity contribution in [2.75, 3.05) is 39.8 Å². The van der Waals surface area contributed by atoms with Crippen molar-refractivity contribution in [3.05, 3.63) is 0 Å². The van der Waals surface area contributed by atoms with E-state index < -0.39 is 0 Å². The predicted molar refractivity (Wildman–Crippen MR) is 60.2 cm³/mol. The zero-order chi connectivity index (χ0) is 10.2. The van der Waals surface area contributed by atoms with Crippen LogP contribution in [0.4, 0.5) is 0 Å². The summed E-state index contributed by atoms with van der Waals surface area (Å²) in [6.07, 6.45) is 3.00. The van der Waals surface area contributed by atoms with Gasteiger partial charge in [0.15, 0.2) is 0 Å². The Bertz CT molecular complexity index is 188. The Morgan fingerprint density at radius 2 is 1.79 bits per heavy atom. The lowest BCUT2D eigenvalue weighted by atomic mass is 10.2.